The van der Waals surface area contributed by atoms with E-state index in [0.717, 1.165) is 6.26 Å². The van der Waals surface area contributed by atoms with E-state index < -0.39 is 14.7 Å². The minimum atomic E-state index is -3.61. The second kappa shape index (κ2) is 4.57. The van der Waals surface area contributed by atoms with Crippen LogP contribution in [0.3, 0.4) is 0 Å². The van der Waals surface area contributed by atoms with Crippen LogP contribution in [-0.4, -0.2) is 25.9 Å². The van der Waals surface area contributed by atoms with Gasteiger partial charge >= 0.3 is 0 Å². The van der Waals surface area contributed by atoms with E-state index in [-0.39, 0.29) is 22.9 Å². The quantitative estimate of drug-likeness (QED) is 0.685. The summed E-state index contributed by atoms with van der Waals surface area (Å²) in [6.07, 6.45) is 3.03. The third kappa shape index (κ3) is 2.04. The van der Waals surface area contributed by atoms with Gasteiger partial charge in [0.05, 0.1) is 6.26 Å². The average Bonchev–Trinajstić information content (AvgIpc) is 3.01. The lowest BCUT2D eigenvalue weighted by atomic mass is 10.0. The highest BCUT2D eigenvalue weighted by Gasteiger charge is 2.50. The van der Waals surface area contributed by atoms with E-state index in [0.29, 0.717) is 17.7 Å². The Kier molecular flexibility index (Phi) is 3.07. The molecule has 2 aromatic heterocycles. The SMILES string of the molecule is CS(=O)(=O)C1(c2ccoc2C=O)Cc2ccc(Cl)nc2N1. The highest BCUT2D eigenvalue weighted by atomic mass is 35.5. The Balaban J connectivity index is 2.22. The van der Waals surface area contributed by atoms with Crippen molar-refractivity contribution in [1.82, 2.24) is 4.98 Å². The van der Waals surface area contributed by atoms with Crippen LogP contribution < -0.4 is 5.32 Å². The van der Waals surface area contributed by atoms with E-state index in [9.17, 15) is 13.2 Å². The van der Waals surface area contributed by atoms with Crippen molar-refractivity contribution in [2.24, 2.45) is 0 Å². The molecule has 1 unspecified atom stereocenters. The number of fused-ring (bicyclic) bond motifs is 1. The topological polar surface area (TPSA) is 89.3 Å². The fourth-order valence-electron chi connectivity index (χ4n) is 2.55. The summed E-state index contributed by atoms with van der Waals surface area (Å²) in [7, 11) is -3.61. The summed E-state index contributed by atoms with van der Waals surface area (Å²) >= 11 is 5.84. The molecule has 21 heavy (non-hydrogen) atoms. The molecule has 0 aliphatic carbocycles. The lowest BCUT2D eigenvalue weighted by Gasteiger charge is -2.27. The number of anilines is 1. The van der Waals surface area contributed by atoms with E-state index in [1.165, 1.54) is 12.3 Å². The van der Waals surface area contributed by atoms with Gasteiger partial charge in [0.25, 0.3) is 0 Å². The van der Waals surface area contributed by atoms with Crippen molar-refractivity contribution in [2.45, 2.75) is 11.3 Å². The van der Waals surface area contributed by atoms with Crippen molar-refractivity contribution in [3.05, 3.63) is 46.5 Å². The third-order valence-corrected chi connectivity index (χ3v) is 5.52. The second-order valence-corrected chi connectivity index (χ2v) is 7.49. The Bertz CT molecular complexity index is 830. The molecule has 0 aromatic carbocycles. The Hall–Kier alpha value is -1.86. The molecule has 0 spiro atoms. The molecule has 3 rings (SSSR count). The molecule has 1 atom stereocenters. The Morgan fingerprint density at radius 1 is 1.43 bits per heavy atom. The van der Waals surface area contributed by atoms with Gasteiger partial charge in [0, 0.05) is 18.2 Å². The number of hydrogen-bond acceptors (Lipinski definition) is 6. The first kappa shape index (κ1) is 14.1. The maximum absolute atomic E-state index is 12.4. The standard InChI is InChI=1S/C13H11ClN2O4S/c1-21(18,19)13(9-4-5-20-10(9)7-17)6-8-2-3-11(14)15-12(8)16-13/h2-5,7H,6H2,1H3,(H,15,16). The summed E-state index contributed by atoms with van der Waals surface area (Å²) in [5.41, 5.74) is 0.983. The van der Waals surface area contributed by atoms with Crippen molar-refractivity contribution in [3.8, 4) is 0 Å². The largest absolute Gasteiger partial charge is 0.461 e. The first-order valence-corrected chi connectivity index (χ1v) is 8.31. The number of aromatic nitrogens is 1. The maximum atomic E-state index is 12.4. The number of halogens is 1. The predicted molar refractivity (Wildman–Crippen MR) is 77.2 cm³/mol. The van der Waals surface area contributed by atoms with Gasteiger partial charge in [-0.25, -0.2) is 13.4 Å². The fraction of sp³-hybridized carbons (Fsp3) is 0.231. The number of nitrogens with zero attached hydrogens (tertiary/aromatic N) is 1. The number of furan rings is 1. The summed E-state index contributed by atoms with van der Waals surface area (Å²) in [4.78, 5) is 13.7. The second-order valence-electron chi connectivity index (χ2n) is 4.86. The van der Waals surface area contributed by atoms with Gasteiger partial charge in [-0.05, 0) is 17.7 Å². The molecule has 1 N–H and O–H groups in total. The molecule has 110 valence electrons. The lowest BCUT2D eigenvalue weighted by molar-refractivity contribution is 0.109. The van der Waals surface area contributed by atoms with E-state index in [1.54, 1.807) is 12.1 Å². The number of carbonyl (C=O) groups excluding carboxylic acids is 1. The first-order chi connectivity index (χ1) is 9.87. The maximum Gasteiger partial charge on any atom is 0.185 e. The van der Waals surface area contributed by atoms with Gasteiger partial charge in [-0.15, -0.1) is 0 Å². The molecule has 1 aliphatic rings. The average molecular weight is 327 g/mol. The van der Waals surface area contributed by atoms with Gasteiger partial charge in [0.2, 0.25) is 0 Å². The first-order valence-electron chi connectivity index (χ1n) is 6.04. The highest BCUT2D eigenvalue weighted by Crippen LogP contribution is 2.43. The predicted octanol–water partition coefficient (Wildman–Crippen LogP) is 2.01. The third-order valence-electron chi connectivity index (χ3n) is 3.57. The highest BCUT2D eigenvalue weighted by molar-refractivity contribution is 7.91. The van der Waals surface area contributed by atoms with Crippen LogP contribution in [0.5, 0.6) is 0 Å². The zero-order valence-corrected chi connectivity index (χ0v) is 12.5. The molecule has 1 aliphatic heterocycles. The number of pyridine rings is 1. The molecule has 0 fully saturated rings. The lowest BCUT2D eigenvalue weighted by Crippen LogP contribution is -2.41. The van der Waals surface area contributed by atoms with Crippen LogP contribution in [-0.2, 0) is 21.1 Å². The molecule has 0 saturated carbocycles. The molecule has 3 heterocycles. The summed E-state index contributed by atoms with van der Waals surface area (Å²) in [6.45, 7) is 0. The smallest absolute Gasteiger partial charge is 0.185 e. The Morgan fingerprint density at radius 3 is 2.86 bits per heavy atom. The summed E-state index contributed by atoms with van der Waals surface area (Å²) < 4.78 is 29.8. The molecule has 8 heteroatoms. The van der Waals surface area contributed by atoms with Gasteiger partial charge < -0.3 is 9.73 Å². The molecular weight excluding hydrogens is 316 g/mol. The van der Waals surface area contributed by atoms with Gasteiger partial charge in [-0.1, -0.05) is 17.7 Å². The zero-order chi connectivity index (χ0) is 15.3. The van der Waals surface area contributed by atoms with Gasteiger partial charge in [0.1, 0.15) is 11.0 Å². The van der Waals surface area contributed by atoms with Crippen LogP contribution in [0.2, 0.25) is 5.15 Å². The van der Waals surface area contributed by atoms with E-state index in [4.69, 9.17) is 16.0 Å². The molecule has 0 amide bonds. The number of aldehydes is 1. The van der Waals surface area contributed by atoms with Crippen molar-refractivity contribution < 1.29 is 17.6 Å². The van der Waals surface area contributed by atoms with Crippen molar-refractivity contribution in [1.29, 1.82) is 0 Å². The molecular formula is C13H11ClN2O4S. The Labute approximate surface area is 126 Å². The normalized spacial score (nSPS) is 20.9. The molecule has 2 aromatic rings. The number of carbonyl (C=O) groups is 1. The number of hydrogen-bond donors (Lipinski definition) is 1. The van der Waals surface area contributed by atoms with Gasteiger partial charge in [-0.3, -0.25) is 4.79 Å². The number of rotatable bonds is 3. The fourth-order valence-corrected chi connectivity index (χ4v) is 3.97. The van der Waals surface area contributed by atoms with Crippen LogP contribution in [0.1, 0.15) is 21.7 Å². The number of sulfone groups is 1. The van der Waals surface area contributed by atoms with Crippen LogP contribution in [0.15, 0.2) is 28.9 Å². The van der Waals surface area contributed by atoms with Gasteiger partial charge in [-0.2, -0.15) is 0 Å². The van der Waals surface area contributed by atoms with E-state index >= 15 is 0 Å². The molecule has 0 radical (unpaired) electrons. The van der Waals surface area contributed by atoms with Gasteiger partial charge in [0.15, 0.2) is 26.8 Å². The monoisotopic (exact) mass is 326 g/mol. The molecule has 0 bridgehead atoms. The minimum Gasteiger partial charge on any atom is -0.461 e. The van der Waals surface area contributed by atoms with Crippen LogP contribution in [0.4, 0.5) is 5.82 Å². The minimum absolute atomic E-state index is 0.0215. The molecule has 6 nitrogen and oxygen atoms in total. The van der Waals surface area contributed by atoms with E-state index in [1.807, 2.05) is 0 Å². The number of nitrogens with one attached hydrogen (secondary N) is 1. The summed E-state index contributed by atoms with van der Waals surface area (Å²) in [5.74, 6) is 0.373. The van der Waals surface area contributed by atoms with E-state index in [2.05, 4.69) is 10.3 Å². The summed E-state index contributed by atoms with van der Waals surface area (Å²) in [5, 5.41) is 3.16. The molecule has 0 saturated heterocycles. The van der Waals surface area contributed by atoms with Crippen LogP contribution in [0, 0.1) is 0 Å². The van der Waals surface area contributed by atoms with Crippen molar-refractivity contribution in [3.63, 3.8) is 0 Å². The van der Waals surface area contributed by atoms with Crippen LogP contribution >= 0.6 is 11.6 Å². The zero-order valence-electron chi connectivity index (χ0n) is 11.0. The Morgan fingerprint density at radius 2 is 2.19 bits per heavy atom. The summed E-state index contributed by atoms with van der Waals surface area (Å²) in [6, 6.07) is 4.78. The van der Waals surface area contributed by atoms with Crippen molar-refractivity contribution in [2.75, 3.05) is 11.6 Å². The van der Waals surface area contributed by atoms with Crippen molar-refractivity contribution >= 4 is 33.5 Å². The van der Waals surface area contributed by atoms with Crippen LogP contribution in [0.25, 0.3) is 0 Å².